The van der Waals surface area contributed by atoms with Gasteiger partial charge in [0, 0.05) is 44.1 Å². The van der Waals surface area contributed by atoms with Gasteiger partial charge in [-0.15, -0.1) is 0 Å². The lowest BCUT2D eigenvalue weighted by atomic mass is 9.88. The normalized spacial score (nSPS) is 17.0. The van der Waals surface area contributed by atoms with Crippen LogP contribution in [0.4, 0.5) is 0 Å². The fourth-order valence-electron chi connectivity index (χ4n) is 2.62. The summed E-state index contributed by atoms with van der Waals surface area (Å²) in [6.07, 6.45) is 4.68. The van der Waals surface area contributed by atoms with Crippen LogP contribution in [0.3, 0.4) is 0 Å². The fraction of sp³-hybridized carbons (Fsp3) is 0.375. The molecule has 6 heteroatoms. The molecule has 0 spiro atoms. The number of nitrogens with one attached hydrogen (secondary N) is 1. The fourth-order valence-corrected chi connectivity index (χ4v) is 2.62. The minimum atomic E-state index is -0.595. The molecule has 1 N–H and O–H groups in total. The van der Waals surface area contributed by atoms with Gasteiger partial charge in [0.15, 0.2) is 5.82 Å². The molecular weight excluding hydrogens is 280 g/mol. The van der Waals surface area contributed by atoms with E-state index < -0.39 is 5.54 Å². The van der Waals surface area contributed by atoms with E-state index in [1.807, 2.05) is 19.1 Å². The van der Waals surface area contributed by atoms with Crippen LogP contribution in [-0.4, -0.2) is 34.1 Å². The number of hydrogen-bond acceptors (Lipinski definition) is 5. The highest BCUT2D eigenvalue weighted by Crippen LogP contribution is 2.29. The summed E-state index contributed by atoms with van der Waals surface area (Å²) in [7, 11) is 0. The van der Waals surface area contributed by atoms with E-state index >= 15 is 0 Å². The Balaban J connectivity index is 1.89. The summed E-state index contributed by atoms with van der Waals surface area (Å²) in [6, 6.07) is 7.16. The van der Waals surface area contributed by atoms with Crippen LogP contribution in [0.5, 0.6) is 0 Å². The Hall–Kier alpha value is -2.34. The van der Waals surface area contributed by atoms with Crippen molar-refractivity contribution in [2.75, 3.05) is 13.2 Å². The van der Waals surface area contributed by atoms with Crippen LogP contribution in [0.25, 0.3) is 0 Å². The molecule has 0 unspecified atom stereocenters. The first-order valence-electron chi connectivity index (χ1n) is 7.31. The van der Waals surface area contributed by atoms with Crippen molar-refractivity contribution in [3.8, 4) is 0 Å². The summed E-state index contributed by atoms with van der Waals surface area (Å²) in [6.45, 7) is 3.00. The topological polar surface area (TPSA) is 77.0 Å². The highest BCUT2D eigenvalue weighted by atomic mass is 16.5. The lowest BCUT2D eigenvalue weighted by Gasteiger charge is -2.36. The van der Waals surface area contributed by atoms with E-state index in [0.717, 1.165) is 5.69 Å². The first-order chi connectivity index (χ1) is 10.7. The van der Waals surface area contributed by atoms with Gasteiger partial charge in [-0.1, -0.05) is 6.07 Å². The number of rotatable bonds is 3. The van der Waals surface area contributed by atoms with E-state index in [1.54, 1.807) is 24.5 Å². The van der Waals surface area contributed by atoms with Gasteiger partial charge in [-0.25, -0.2) is 15.0 Å². The third-order valence-corrected chi connectivity index (χ3v) is 3.81. The Morgan fingerprint density at radius 2 is 1.91 bits per heavy atom. The van der Waals surface area contributed by atoms with Gasteiger partial charge >= 0.3 is 0 Å². The van der Waals surface area contributed by atoms with E-state index in [0.29, 0.717) is 37.6 Å². The van der Waals surface area contributed by atoms with Crippen molar-refractivity contribution < 1.29 is 9.53 Å². The van der Waals surface area contributed by atoms with Crippen LogP contribution < -0.4 is 5.32 Å². The van der Waals surface area contributed by atoms with Gasteiger partial charge in [-0.3, -0.25) is 4.79 Å². The summed E-state index contributed by atoms with van der Waals surface area (Å²) >= 11 is 0. The Morgan fingerprint density at radius 3 is 2.59 bits per heavy atom. The second kappa shape index (κ2) is 6.19. The zero-order chi connectivity index (χ0) is 15.4. The van der Waals surface area contributed by atoms with Crippen molar-refractivity contribution in [2.45, 2.75) is 25.3 Å². The smallest absolute Gasteiger partial charge is 0.270 e. The Labute approximate surface area is 129 Å². The van der Waals surface area contributed by atoms with Crippen LogP contribution in [0.15, 0.2) is 36.7 Å². The number of pyridine rings is 1. The van der Waals surface area contributed by atoms with Gasteiger partial charge in [0.05, 0.1) is 0 Å². The molecule has 0 radical (unpaired) electrons. The average Bonchev–Trinajstić information content (AvgIpc) is 2.56. The summed E-state index contributed by atoms with van der Waals surface area (Å²) in [4.78, 5) is 25.5. The Kier molecular flexibility index (Phi) is 4.11. The molecule has 0 bridgehead atoms. The molecule has 6 nitrogen and oxygen atoms in total. The lowest BCUT2D eigenvalue weighted by molar-refractivity contribution is 0.0312. The molecule has 1 saturated heterocycles. The van der Waals surface area contributed by atoms with Gasteiger partial charge in [0.2, 0.25) is 0 Å². The third-order valence-electron chi connectivity index (χ3n) is 3.81. The average molecular weight is 298 g/mol. The first kappa shape index (κ1) is 14.6. The molecule has 114 valence electrons. The predicted octanol–water partition coefficient (Wildman–Crippen LogP) is 1.62. The molecular formula is C16H18N4O2. The lowest BCUT2D eigenvalue weighted by Crippen LogP contribution is -2.50. The largest absolute Gasteiger partial charge is 0.381 e. The Morgan fingerprint density at radius 1 is 1.18 bits per heavy atom. The second-order valence-electron chi connectivity index (χ2n) is 5.39. The van der Waals surface area contributed by atoms with Crippen LogP contribution >= 0.6 is 0 Å². The molecule has 1 aliphatic heterocycles. The van der Waals surface area contributed by atoms with Crippen molar-refractivity contribution in [3.63, 3.8) is 0 Å². The van der Waals surface area contributed by atoms with Crippen molar-refractivity contribution in [2.24, 2.45) is 0 Å². The van der Waals surface area contributed by atoms with Gasteiger partial charge in [0.25, 0.3) is 5.91 Å². The number of carbonyl (C=O) groups excluding carboxylic acids is 1. The number of hydrogen-bond donors (Lipinski definition) is 1. The molecule has 1 amide bonds. The van der Waals surface area contributed by atoms with Crippen LogP contribution in [0.2, 0.25) is 0 Å². The van der Waals surface area contributed by atoms with Gasteiger partial charge in [-0.2, -0.15) is 0 Å². The molecule has 22 heavy (non-hydrogen) atoms. The molecule has 0 saturated carbocycles. The van der Waals surface area contributed by atoms with Crippen molar-refractivity contribution in [1.82, 2.24) is 20.3 Å². The zero-order valence-corrected chi connectivity index (χ0v) is 12.5. The second-order valence-corrected chi connectivity index (χ2v) is 5.39. The minimum Gasteiger partial charge on any atom is -0.381 e. The molecule has 1 aliphatic rings. The first-order valence-corrected chi connectivity index (χ1v) is 7.31. The standard InChI is InChI=1S/C16H18N4O2/c1-12-4-2-5-13(19-12)14(21)20-16(6-10-22-11-7-16)15-17-8-3-9-18-15/h2-5,8-9H,6-7,10-11H2,1H3,(H,20,21). The van der Waals surface area contributed by atoms with Crippen LogP contribution in [-0.2, 0) is 10.3 Å². The number of ether oxygens (including phenoxy) is 1. The van der Waals surface area contributed by atoms with Gasteiger partial charge in [-0.05, 0) is 25.1 Å². The minimum absolute atomic E-state index is 0.210. The summed E-state index contributed by atoms with van der Waals surface area (Å²) in [5, 5.41) is 3.09. The van der Waals surface area contributed by atoms with E-state index in [1.165, 1.54) is 0 Å². The molecule has 0 aromatic carbocycles. The SMILES string of the molecule is Cc1cccc(C(=O)NC2(c3ncccn3)CCOCC2)n1. The van der Waals surface area contributed by atoms with Gasteiger partial charge in [0.1, 0.15) is 11.2 Å². The van der Waals surface area contributed by atoms with E-state index in [-0.39, 0.29) is 5.91 Å². The Bertz CT molecular complexity index is 654. The molecule has 1 fully saturated rings. The quantitative estimate of drug-likeness (QED) is 0.931. The van der Waals surface area contributed by atoms with Gasteiger partial charge < -0.3 is 10.1 Å². The van der Waals surface area contributed by atoms with E-state index in [9.17, 15) is 4.79 Å². The molecule has 3 rings (SSSR count). The number of amides is 1. The third kappa shape index (κ3) is 2.96. The maximum absolute atomic E-state index is 12.6. The molecule has 0 atom stereocenters. The molecule has 2 aromatic rings. The van der Waals surface area contributed by atoms with Crippen molar-refractivity contribution >= 4 is 5.91 Å². The summed E-state index contributed by atoms with van der Waals surface area (Å²) in [5.41, 5.74) is 0.619. The number of aromatic nitrogens is 3. The summed E-state index contributed by atoms with van der Waals surface area (Å²) in [5.74, 6) is 0.414. The zero-order valence-electron chi connectivity index (χ0n) is 12.5. The summed E-state index contributed by atoms with van der Waals surface area (Å²) < 4.78 is 5.43. The molecule has 3 heterocycles. The van der Waals surface area contributed by atoms with E-state index in [4.69, 9.17) is 4.74 Å². The number of carbonyl (C=O) groups is 1. The number of nitrogens with zero attached hydrogens (tertiary/aromatic N) is 3. The monoisotopic (exact) mass is 298 g/mol. The highest BCUT2D eigenvalue weighted by molar-refractivity contribution is 5.92. The maximum Gasteiger partial charge on any atom is 0.270 e. The van der Waals surface area contributed by atoms with Crippen molar-refractivity contribution in [3.05, 3.63) is 53.9 Å². The van der Waals surface area contributed by atoms with Crippen LogP contribution in [0, 0.1) is 6.92 Å². The highest BCUT2D eigenvalue weighted by Gasteiger charge is 2.39. The molecule has 2 aromatic heterocycles. The number of aryl methyl sites for hydroxylation is 1. The van der Waals surface area contributed by atoms with Crippen LogP contribution in [0.1, 0.15) is 34.8 Å². The van der Waals surface area contributed by atoms with E-state index in [2.05, 4.69) is 20.3 Å². The molecule has 0 aliphatic carbocycles. The predicted molar refractivity (Wildman–Crippen MR) is 80.2 cm³/mol. The van der Waals surface area contributed by atoms with Crippen molar-refractivity contribution in [1.29, 1.82) is 0 Å². The maximum atomic E-state index is 12.6.